The van der Waals surface area contributed by atoms with Crippen molar-refractivity contribution in [3.8, 4) is 17.0 Å². The molecule has 1 radical (unpaired) electrons. The van der Waals surface area contributed by atoms with E-state index in [2.05, 4.69) is 6.07 Å². The SMILES string of the molecule is COCOc1ccc(-c2[c-]cc(Cl)c(=O)n2C)c(Cl)c1.[Y]. The Bertz CT molecular complexity index is 688. The maximum absolute atomic E-state index is 11.8. The maximum Gasteiger partial charge on any atom is 0.212 e. The molecule has 0 spiro atoms. The first kappa shape index (κ1) is 18.7. The minimum atomic E-state index is -0.295. The van der Waals surface area contributed by atoms with Gasteiger partial charge in [-0.25, -0.2) is 0 Å². The molecule has 0 aliphatic heterocycles. The van der Waals surface area contributed by atoms with Gasteiger partial charge in [0.25, 0.3) is 0 Å². The maximum atomic E-state index is 11.8. The van der Waals surface area contributed by atoms with E-state index < -0.39 is 0 Å². The van der Waals surface area contributed by atoms with Crippen molar-refractivity contribution in [3.05, 3.63) is 50.7 Å². The van der Waals surface area contributed by atoms with Gasteiger partial charge < -0.3 is 14.0 Å². The molecule has 0 saturated heterocycles. The average Bonchev–Trinajstić information content (AvgIpc) is 2.44. The van der Waals surface area contributed by atoms with Gasteiger partial charge in [-0.3, -0.25) is 4.79 Å². The second-order valence-corrected chi connectivity index (χ2v) is 4.86. The van der Waals surface area contributed by atoms with Crippen LogP contribution >= 0.6 is 23.2 Å². The van der Waals surface area contributed by atoms with Gasteiger partial charge in [0.1, 0.15) is 5.75 Å². The van der Waals surface area contributed by atoms with Crippen LogP contribution in [0.5, 0.6) is 5.75 Å². The zero-order chi connectivity index (χ0) is 14.7. The summed E-state index contributed by atoms with van der Waals surface area (Å²) >= 11 is 12.0. The molecule has 21 heavy (non-hydrogen) atoms. The zero-order valence-electron chi connectivity index (χ0n) is 11.5. The molecule has 109 valence electrons. The fourth-order valence-corrected chi connectivity index (χ4v) is 2.16. The van der Waals surface area contributed by atoms with Crippen LogP contribution in [-0.2, 0) is 44.5 Å². The van der Waals surface area contributed by atoms with Crippen LogP contribution in [0.4, 0.5) is 0 Å². The quantitative estimate of drug-likeness (QED) is 0.583. The molecule has 0 bridgehead atoms. The molecule has 0 atom stereocenters. The summed E-state index contributed by atoms with van der Waals surface area (Å²) in [6, 6.07) is 9.54. The van der Waals surface area contributed by atoms with Crippen molar-refractivity contribution in [2.24, 2.45) is 7.05 Å². The van der Waals surface area contributed by atoms with E-state index in [1.165, 1.54) is 17.7 Å². The molecule has 0 unspecified atom stereocenters. The predicted octanol–water partition coefficient (Wildman–Crippen LogP) is 3.14. The van der Waals surface area contributed by atoms with Crippen LogP contribution in [0.15, 0.2) is 29.1 Å². The van der Waals surface area contributed by atoms with Crippen LogP contribution in [0.3, 0.4) is 0 Å². The van der Waals surface area contributed by atoms with E-state index in [1.54, 1.807) is 25.2 Å². The van der Waals surface area contributed by atoms with Gasteiger partial charge in [0.15, 0.2) is 6.79 Å². The van der Waals surface area contributed by atoms with Crippen molar-refractivity contribution >= 4 is 23.2 Å². The first-order valence-electron chi connectivity index (χ1n) is 5.73. The van der Waals surface area contributed by atoms with Crippen molar-refractivity contribution in [3.63, 3.8) is 0 Å². The number of halogens is 2. The number of pyridine rings is 1. The second-order valence-electron chi connectivity index (χ2n) is 4.04. The summed E-state index contributed by atoms with van der Waals surface area (Å²) in [5, 5.41) is 0.569. The predicted molar refractivity (Wildman–Crippen MR) is 78.5 cm³/mol. The summed E-state index contributed by atoms with van der Waals surface area (Å²) in [4.78, 5) is 11.8. The molecule has 4 nitrogen and oxygen atoms in total. The molecule has 0 N–H and O–H groups in total. The molecule has 2 aromatic rings. The van der Waals surface area contributed by atoms with E-state index in [1.807, 2.05) is 0 Å². The van der Waals surface area contributed by atoms with Crippen molar-refractivity contribution in [1.82, 2.24) is 4.57 Å². The van der Waals surface area contributed by atoms with Crippen LogP contribution in [0.25, 0.3) is 11.3 Å². The van der Waals surface area contributed by atoms with Gasteiger partial charge in [-0.1, -0.05) is 22.9 Å². The minimum Gasteiger partial charge on any atom is -0.468 e. The molecule has 0 fully saturated rings. The number of methoxy groups -OCH3 is 1. The summed E-state index contributed by atoms with van der Waals surface area (Å²) < 4.78 is 11.5. The summed E-state index contributed by atoms with van der Waals surface area (Å²) in [6.07, 6.45) is 0. The van der Waals surface area contributed by atoms with Crippen molar-refractivity contribution in [2.75, 3.05) is 13.9 Å². The fourth-order valence-electron chi connectivity index (χ4n) is 1.72. The largest absolute Gasteiger partial charge is 0.468 e. The Kier molecular flexibility index (Phi) is 7.38. The van der Waals surface area contributed by atoms with Gasteiger partial charge in [-0.05, 0) is 17.2 Å². The Morgan fingerprint density at radius 2 is 2.00 bits per heavy atom. The Labute approximate surface area is 157 Å². The van der Waals surface area contributed by atoms with Crippen molar-refractivity contribution < 1.29 is 42.2 Å². The van der Waals surface area contributed by atoms with Crippen LogP contribution in [0.1, 0.15) is 0 Å². The topological polar surface area (TPSA) is 40.5 Å². The molecule has 1 aromatic carbocycles. The summed E-state index contributed by atoms with van der Waals surface area (Å²) in [7, 11) is 3.15. The van der Waals surface area contributed by atoms with Gasteiger partial charge in [0.2, 0.25) is 5.56 Å². The van der Waals surface area contributed by atoms with Gasteiger partial charge in [-0.2, -0.15) is 23.7 Å². The van der Waals surface area contributed by atoms with Crippen LogP contribution < -0.4 is 10.3 Å². The summed E-state index contributed by atoms with van der Waals surface area (Å²) in [6.45, 7) is 0.140. The third kappa shape index (κ3) is 4.30. The number of rotatable bonds is 4. The number of ether oxygens (including phenoxy) is 2. The number of nitrogens with zero attached hydrogens (tertiary/aromatic N) is 1. The number of aromatic nitrogens is 1. The monoisotopic (exact) mass is 401 g/mol. The molecular formula is C14H12Cl2NO3Y-. The first-order valence-corrected chi connectivity index (χ1v) is 6.49. The van der Waals surface area contributed by atoms with E-state index in [-0.39, 0.29) is 50.1 Å². The standard InChI is InChI=1S/C14H12Cl2NO3.Y/c1-17-13(6-5-11(15)14(17)18)10-4-3-9(7-12(10)16)20-8-19-2;/h3-5,7H,8H2,1-2H3;/q-1;. The van der Waals surface area contributed by atoms with Gasteiger partial charge in [0, 0.05) is 51.9 Å². The van der Waals surface area contributed by atoms with Gasteiger partial charge >= 0.3 is 0 Å². The number of hydrogen-bond donors (Lipinski definition) is 0. The fraction of sp³-hybridized carbons (Fsp3) is 0.214. The molecule has 1 aromatic heterocycles. The number of benzene rings is 1. The normalized spacial score (nSPS) is 10.1. The number of hydrogen-bond acceptors (Lipinski definition) is 3. The van der Waals surface area contributed by atoms with Gasteiger partial charge in [0.05, 0.1) is 0 Å². The minimum absolute atomic E-state index is 0. The van der Waals surface area contributed by atoms with Crippen molar-refractivity contribution in [2.45, 2.75) is 0 Å². The second kappa shape index (κ2) is 8.30. The molecular weight excluding hydrogens is 390 g/mol. The van der Waals surface area contributed by atoms with Crippen LogP contribution in [0.2, 0.25) is 10.0 Å². The van der Waals surface area contributed by atoms with E-state index in [4.69, 9.17) is 32.7 Å². The van der Waals surface area contributed by atoms with Gasteiger partial charge in [-0.15, -0.1) is 6.07 Å². The smallest absolute Gasteiger partial charge is 0.212 e. The van der Waals surface area contributed by atoms with E-state index in [0.29, 0.717) is 22.0 Å². The van der Waals surface area contributed by atoms with E-state index in [0.717, 1.165) is 0 Å². The van der Waals surface area contributed by atoms with Crippen LogP contribution in [-0.4, -0.2) is 18.5 Å². The summed E-state index contributed by atoms with van der Waals surface area (Å²) in [5.74, 6) is 0.583. The third-order valence-corrected chi connectivity index (χ3v) is 3.30. The Hall–Kier alpha value is -0.386. The first-order chi connectivity index (χ1) is 9.54. The molecule has 0 aliphatic rings. The molecule has 2 rings (SSSR count). The third-order valence-electron chi connectivity index (χ3n) is 2.72. The Morgan fingerprint density at radius 3 is 2.62 bits per heavy atom. The zero-order valence-corrected chi connectivity index (χ0v) is 15.9. The van der Waals surface area contributed by atoms with Crippen LogP contribution in [0, 0.1) is 6.07 Å². The molecule has 1 heterocycles. The Morgan fingerprint density at radius 1 is 1.29 bits per heavy atom. The van der Waals surface area contributed by atoms with E-state index in [9.17, 15) is 4.79 Å². The van der Waals surface area contributed by atoms with E-state index >= 15 is 0 Å². The molecule has 0 aliphatic carbocycles. The molecule has 0 amide bonds. The van der Waals surface area contributed by atoms with Crippen molar-refractivity contribution in [1.29, 1.82) is 0 Å². The Balaban J connectivity index is 0.00000220. The molecule has 0 saturated carbocycles. The average molecular weight is 402 g/mol. The molecule has 7 heteroatoms. The summed E-state index contributed by atoms with van der Waals surface area (Å²) in [5.41, 5.74) is 0.937.